The van der Waals surface area contributed by atoms with E-state index in [0.717, 1.165) is 12.1 Å². The van der Waals surface area contributed by atoms with Gasteiger partial charge in [-0.2, -0.15) is 0 Å². The van der Waals surface area contributed by atoms with Crippen LogP contribution in [-0.2, 0) is 4.79 Å². The van der Waals surface area contributed by atoms with Gasteiger partial charge in [0.05, 0.1) is 0 Å². The Morgan fingerprint density at radius 1 is 1.32 bits per heavy atom. The Bertz CT molecular complexity index is 470. The van der Waals surface area contributed by atoms with E-state index < -0.39 is 23.4 Å². The van der Waals surface area contributed by atoms with Crippen LogP contribution in [0.15, 0.2) is 12.1 Å². The van der Waals surface area contributed by atoms with E-state index in [2.05, 4.69) is 5.32 Å². The summed E-state index contributed by atoms with van der Waals surface area (Å²) in [5.41, 5.74) is 0.312. The van der Waals surface area contributed by atoms with Crippen molar-refractivity contribution >= 4 is 5.97 Å². The molecular weight excluding hydrogens is 259 g/mol. The van der Waals surface area contributed by atoms with Crippen molar-refractivity contribution in [1.82, 2.24) is 5.32 Å². The Kier molecular flexibility index (Phi) is 4.09. The van der Waals surface area contributed by atoms with Gasteiger partial charge in [-0.05, 0) is 43.0 Å². The first-order valence-corrected chi connectivity index (χ1v) is 6.07. The number of carbonyl (C=O) groups is 1. The van der Waals surface area contributed by atoms with Crippen LogP contribution >= 0.6 is 0 Å². The highest BCUT2D eigenvalue weighted by Crippen LogP contribution is 2.30. The third kappa shape index (κ3) is 3.26. The van der Waals surface area contributed by atoms with Gasteiger partial charge < -0.3 is 10.4 Å². The van der Waals surface area contributed by atoms with Gasteiger partial charge in [-0.25, -0.2) is 13.2 Å². The SMILES string of the molecule is O=C(O)CC1CCNC(c2cc(F)c(F)c(F)c2)C1. The number of rotatable bonds is 3. The fourth-order valence-corrected chi connectivity index (χ4v) is 2.46. The molecule has 0 bridgehead atoms. The molecule has 2 unspecified atom stereocenters. The monoisotopic (exact) mass is 273 g/mol. The van der Waals surface area contributed by atoms with Crippen molar-refractivity contribution < 1.29 is 23.1 Å². The van der Waals surface area contributed by atoms with Crippen molar-refractivity contribution in [3.05, 3.63) is 35.1 Å². The standard InChI is InChI=1S/C13H14F3NO2/c14-9-5-8(6-10(15)13(9)16)11-3-7(1-2-17-11)4-12(18)19/h5-7,11,17H,1-4H2,(H,18,19). The molecule has 1 aromatic carbocycles. The third-order valence-electron chi connectivity index (χ3n) is 3.38. The van der Waals surface area contributed by atoms with Gasteiger partial charge in [-0.15, -0.1) is 0 Å². The van der Waals surface area contributed by atoms with Crippen molar-refractivity contribution in [2.45, 2.75) is 25.3 Å². The topological polar surface area (TPSA) is 49.3 Å². The van der Waals surface area contributed by atoms with Crippen molar-refractivity contribution in [3.63, 3.8) is 0 Å². The van der Waals surface area contributed by atoms with Crippen molar-refractivity contribution in [3.8, 4) is 0 Å². The highest BCUT2D eigenvalue weighted by Gasteiger charge is 2.26. The van der Waals surface area contributed by atoms with Crippen molar-refractivity contribution in [2.75, 3.05) is 6.54 Å². The largest absolute Gasteiger partial charge is 0.481 e. The van der Waals surface area contributed by atoms with Crippen LogP contribution in [0, 0.1) is 23.4 Å². The van der Waals surface area contributed by atoms with E-state index in [0.29, 0.717) is 24.9 Å². The molecule has 0 aliphatic carbocycles. The molecule has 1 aromatic rings. The number of benzene rings is 1. The number of carboxylic acid groups (broad SMARTS) is 1. The molecule has 0 amide bonds. The number of aliphatic carboxylic acids is 1. The third-order valence-corrected chi connectivity index (χ3v) is 3.38. The van der Waals surface area contributed by atoms with Crippen LogP contribution in [0.25, 0.3) is 0 Å². The van der Waals surface area contributed by atoms with Gasteiger partial charge >= 0.3 is 5.97 Å². The minimum Gasteiger partial charge on any atom is -0.481 e. The van der Waals surface area contributed by atoms with E-state index in [9.17, 15) is 18.0 Å². The minimum absolute atomic E-state index is 0.0321. The molecule has 1 fully saturated rings. The summed E-state index contributed by atoms with van der Waals surface area (Å²) in [4.78, 5) is 10.7. The molecule has 0 saturated carbocycles. The van der Waals surface area contributed by atoms with Crippen LogP contribution in [0.5, 0.6) is 0 Å². The molecule has 2 atom stereocenters. The van der Waals surface area contributed by atoms with E-state index in [1.165, 1.54) is 0 Å². The van der Waals surface area contributed by atoms with Crippen LogP contribution < -0.4 is 5.32 Å². The number of hydrogen-bond acceptors (Lipinski definition) is 2. The normalized spacial score (nSPS) is 23.3. The molecular formula is C13H14F3NO2. The lowest BCUT2D eigenvalue weighted by Gasteiger charge is -2.30. The zero-order valence-electron chi connectivity index (χ0n) is 10.1. The lowest BCUT2D eigenvalue weighted by atomic mass is 9.86. The molecule has 2 N–H and O–H groups in total. The highest BCUT2D eigenvalue weighted by molar-refractivity contribution is 5.67. The summed E-state index contributed by atoms with van der Waals surface area (Å²) in [6, 6.07) is 1.57. The first-order chi connectivity index (χ1) is 8.97. The Morgan fingerprint density at radius 3 is 2.53 bits per heavy atom. The molecule has 1 heterocycles. The molecule has 1 saturated heterocycles. The van der Waals surface area contributed by atoms with Crippen LogP contribution in [0.2, 0.25) is 0 Å². The second-order valence-corrected chi connectivity index (χ2v) is 4.79. The molecule has 1 aliphatic rings. The smallest absolute Gasteiger partial charge is 0.303 e. The van der Waals surface area contributed by atoms with Gasteiger partial charge in [0, 0.05) is 12.5 Å². The summed E-state index contributed by atoms with van der Waals surface area (Å²) >= 11 is 0. The van der Waals surface area contributed by atoms with Gasteiger partial charge in [0.1, 0.15) is 0 Å². The number of piperidine rings is 1. The maximum Gasteiger partial charge on any atom is 0.303 e. The lowest BCUT2D eigenvalue weighted by Crippen LogP contribution is -2.32. The van der Waals surface area contributed by atoms with E-state index in [1.54, 1.807) is 0 Å². The molecule has 0 aromatic heterocycles. The minimum atomic E-state index is -1.48. The molecule has 19 heavy (non-hydrogen) atoms. The second kappa shape index (κ2) is 5.61. The molecule has 104 valence electrons. The summed E-state index contributed by atoms with van der Waals surface area (Å²) in [5.74, 6) is -4.86. The summed E-state index contributed by atoms with van der Waals surface area (Å²) in [7, 11) is 0. The molecule has 6 heteroatoms. The number of hydrogen-bond donors (Lipinski definition) is 2. The van der Waals surface area contributed by atoms with Gasteiger partial charge in [-0.3, -0.25) is 4.79 Å². The molecule has 2 rings (SSSR count). The summed E-state index contributed by atoms with van der Waals surface area (Å²) in [5, 5.41) is 11.8. The maximum absolute atomic E-state index is 13.2. The van der Waals surface area contributed by atoms with Gasteiger partial charge in [0.15, 0.2) is 17.5 Å². The van der Waals surface area contributed by atoms with E-state index >= 15 is 0 Å². The fourth-order valence-electron chi connectivity index (χ4n) is 2.46. The van der Waals surface area contributed by atoms with Crippen LogP contribution in [0.4, 0.5) is 13.2 Å². The first-order valence-electron chi connectivity index (χ1n) is 6.07. The Morgan fingerprint density at radius 2 is 1.95 bits per heavy atom. The van der Waals surface area contributed by atoms with Crippen molar-refractivity contribution in [2.24, 2.45) is 5.92 Å². The number of nitrogens with one attached hydrogen (secondary N) is 1. The van der Waals surface area contributed by atoms with E-state index in [4.69, 9.17) is 5.11 Å². The van der Waals surface area contributed by atoms with E-state index in [-0.39, 0.29) is 18.4 Å². The van der Waals surface area contributed by atoms with Gasteiger partial charge in [0.25, 0.3) is 0 Å². The predicted molar refractivity (Wildman–Crippen MR) is 62.0 cm³/mol. The predicted octanol–water partition coefficient (Wildman–Crippen LogP) is 2.62. The molecule has 0 spiro atoms. The van der Waals surface area contributed by atoms with Crippen molar-refractivity contribution in [1.29, 1.82) is 0 Å². The Hall–Kier alpha value is -1.56. The lowest BCUT2D eigenvalue weighted by molar-refractivity contribution is -0.138. The molecule has 0 radical (unpaired) electrons. The number of halogens is 3. The first kappa shape index (κ1) is 13.9. The summed E-state index contributed by atoms with van der Waals surface area (Å²) in [6.07, 6.45) is 1.20. The van der Waals surface area contributed by atoms with Gasteiger partial charge in [-0.1, -0.05) is 0 Å². The summed E-state index contributed by atoms with van der Waals surface area (Å²) < 4.78 is 39.2. The van der Waals surface area contributed by atoms with Crippen LogP contribution in [-0.4, -0.2) is 17.6 Å². The molecule has 3 nitrogen and oxygen atoms in total. The highest BCUT2D eigenvalue weighted by atomic mass is 19.2. The number of carboxylic acids is 1. The Balaban J connectivity index is 2.15. The molecule has 1 aliphatic heterocycles. The van der Waals surface area contributed by atoms with Crippen LogP contribution in [0.1, 0.15) is 30.9 Å². The second-order valence-electron chi connectivity index (χ2n) is 4.79. The Labute approximate surface area is 108 Å². The van der Waals surface area contributed by atoms with Crippen LogP contribution in [0.3, 0.4) is 0 Å². The van der Waals surface area contributed by atoms with Gasteiger partial charge in [0.2, 0.25) is 0 Å². The van der Waals surface area contributed by atoms with E-state index in [1.807, 2.05) is 0 Å². The average Bonchev–Trinajstić information content (AvgIpc) is 2.35. The average molecular weight is 273 g/mol. The fraction of sp³-hybridized carbons (Fsp3) is 0.462. The zero-order valence-corrected chi connectivity index (χ0v) is 10.1. The summed E-state index contributed by atoms with van der Waals surface area (Å²) in [6.45, 7) is 0.573. The maximum atomic E-state index is 13.2. The zero-order chi connectivity index (χ0) is 14.0. The quantitative estimate of drug-likeness (QED) is 0.832.